The standard InChI is InChI=1S/C13H26N2O/c1-5-11(10(2)3)8-13(16)15(4)12-6-7-14-9-12/h10-12,14H,5-9H2,1-4H3. The first kappa shape index (κ1) is 13.5. The fourth-order valence-corrected chi connectivity index (χ4v) is 2.39. The van der Waals surface area contributed by atoms with E-state index in [0.717, 1.165) is 25.9 Å². The molecule has 16 heavy (non-hydrogen) atoms. The number of hydrogen-bond acceptors (Lipinski definition) is 2. The third-order valence-corrected chi connectivity index (χ3v) is 3.88. The van der Waals surface area contributed by atoms with Crippen molar-refractivity contribution in [3.05, 3.63) is 0 Å². The van der Waals surface area contributed by atoms with Gasteiger partial charge in [-0.05, 0) is 24.8 Å². The summed E-state index contributed by atoms with van der Waals surface area (Å²) in [6.45, 7) is 8.59. The fourth-order valence-electron chi connectivity index (χ4n) is 2.39. The number of carbonyl (C=O) groups is 1. The molecule has 0 aromatic rings. The molecule has 0 saturated carbocycles. The zero-order chi connectivity index (χ0) is 12.1. The molecule has 1 heterocycles. The van der Waals surface area contributed by atoms with Gasteiger partial charge in [-0.3, -0.25) is 4.79 Å². The molecule has 0 aromatic carbocycles. The van der Waals surface area contributed by atoms with E-state index in [0.29, 0.717) is 30.2 Å². The highest BCUT2D eigenvalue weighted by Gasteiger charge is 2.25. The number of nitrogens with one attached hydrogen (secondary N) is 1. The first-order chi connectivity index (χ1) is 7.56. The Kier molecular flexibility index (Phi) is 5.26. The highest BCUT2D eigenvalue weighted by molar-refractivity contribution is 5.76. The zero-order valence-corrected chi connectivity index (χ0v) is 11.1. The van der Waals surface area contributed by atoms with Crippen LogP contribution in [0.3, 0.4) is 0 Å². The van der Waals surface area contributed by atoms with Gasteiger partial charge < -0.3 is 10.2 Å². The van der Waals surface area contributed by atoms with Crippen LogP contribution in [0.25, 0.3) is 0 Å². The lowest BCUT2D eigenvalue weighted by Crippen LogP contribution is -2.39. The minimum absolute atomic E-state index is 0.314. The lowest BCUT2D eigenvalue weighted by molar-refractivity contribution is -0.133. The maximum Gasteiger partial charge on any atom is 0.222 e. The normalized spacial score (nSPS) is 22.4. The summed E-state index contributed by atoms with van der Waals surface area (Å²) >= 11 is 0. The molecule has 2 unspecified atom stereocenters. The maximum atomic E-state index is 12.1. The van der Waals surface area contributed by atoms with Crippen LogP contribution >= 0.6 is 0 Å². The molecule has 1 aliphatic heterocycles. The highest BCUT2D eigenvalue weighted by Crippen LogP contribution is 2.20. The molecular formula is C13H26N2O. The Morgan fingerprint density at radius 1 is 1.50 bits per heavy atom. The Morgan fingerprint density at radius 3 is 2.62 bits per heavy atom. The molecule has 1 fully saturated rings. The van der Waals surface area contributed by atoms with E-state index in [2.05, 4.69) is 26.1 Å². The molecule has 1 aliphatic rings. The number of likely N-dealkylation sites (N-methyl/N-ethyl adjacent to an activating group) is 1. The lowest BCUT2D eigenvalue weighted by Gasteiger charge is -2.27. The van der Waals surface area contributed by atoms with Gasteiger partial charge >= 0.3 is 0 Å². The van der Waals surface area contributed by atoms with E-state index in [1.807, 2.05) is 11.9 Å². The summed E-state index contributed by atoms with van der Waals surface area (Å²) in [5.41, 5.74) is 0. The summed E-state index contributed by atoms with van der Waals surface area (Å²) in [6, 6.07) is 0.414. The summed E-state index contributed by atoms with van der Waals surface area (Å²) in [5, 5.41) is 3.30. The quantitative estimate of drug-likeness (QED) is 0.776. The van der Waals surface area contributed by atoms with Crippen molar-refractivity contribution in [2.75, 3.05) is 20.1 Å². The monoisotopic (exact) mass is 226 g/mol. The molecule has 1 amide bonds. The van der Waals surface area contributed by atoms with Crippen molar-refractivity contribution in [2.45, 2.75) is 46.1 Å². The number of rotatable bonds is 5. The molecule has 0 aromatic heterocycles. The summed E-state index contributed by atoms with van der Waals surface area (Å²) in [5.74, 6) is 1.45. The highest BCUT2D eigenvalue weighted by atomic mass is 16.2. The van der Waals surface area contributed by atoms with Crippen LogP contribution in [0.4, 0.5) is 0 Å². The van der Waals surface area contributed by atoms with Crippen LogP contribution in [0.2, 0.25) is 0 Å². The predicted molar refractivity (Wildman–Crippen MR) is 67.3 cm³/mol. The average Bonchev–Trinajstić information content (AvgIpc) is 2.77. The topological polar surface area (TPSA) is 32.3 Å². The second-order valence-electron chi connectivity index (χ2n) is 5.27. The fraction of sp³-hybridized carbons (Fsp3) is 0.923. The number of hydrogen-bond donors (Lipinski definition) is 1. The van der Waals surface area contributed by atoms with E-state index in [1.165, 1.54) is 0 Å². The molecule has 1 saturated heterocycles. The maximum absolute atomic E-state index is 12.1. The second-order valence-corrected chi connectivity index (χ2v) is 5.27. The third-order valence-electron chi connectivity index (χ3n) is 3.88. The van der Waals surface area contributed by atoms with Crippen LogP contribution in [0.15, 0.2) is 0 Å². The van der Waals surface area contributed by atoms with Crippen molar-refractivity contribution in [1.82, 2.24) is 10.2 Å². The Balaban J connectivity index is 2.43. The van der Waals surface area contributed by atoms with Gasteiger partial charge in [-0.1, -0.05) is 27.2 Å². The van der Waals surface area contributed by atoms with Gasteiger partial charge in [0.1, 0.15) is 0 Å². The van der Waals surface area contributed by atoms with Crippen molar-refractivity contribution in [1.29, 1.82) is 0 Å². The molecule has 2 atom stereocenters. The largest absolute Gasteiger partial charge is 0.341 e. The van der Waals surface area contributed by atoms with Gasteiger partial charge in [0.15, 0.2) is 0 Å². The first-order valence-corrected chi connectivity index (χ1v) is 6.52. The molecule has 0 aliphatic carbocycles. The van der Waals surface area contributed by atoms with E-state index < -0.39 is 0 Å². The molecule has 1 N–H and O–H groups in total. The predicted octanol–water partition coefficient (Wildman–Crippen LogP) is 1.88. The third kappa shape index (κ3) is 3.48. The van der Waals surface area contributed by atoms with Crippen LogP contribution in [-0.2, 0) is 4.79 Å². The van der Waals surface area contributed by atoms with Crippen LogP contribution < -0.4 is 5.32 Å². The van der Waals surface area contributed by atoms with Crippen molar-refractivity contribution >= 4 is 5.91 Å². The van der Waals surface area contributed by atoms with Gasteiger partial charge in [-0.2, -0.15) is 0 Å². The molecule has 3 nitrogen and oxygen atoms in total. The van der Waals surface area contributed by atoms with E-state index in [9.17, 15) is 4.79 Å². The van der Waals surface area contributed by atoms with Crippen molar-refractivity contribution < 1.29 is 4.79 Å². The minimum atomic E-state index is 0.314. The summed E-state index contributed by atoms with van der Waals surface area (Å²) in [7, 11) is 1.95. The number of carbonyl (C=O) groups excluding carboxylic acids is 1. The Morgan fingerprint density at radius 2 is 2.19 bits per heavy atom. The Bertz CT molecular complexity index is 222. The summed E-state index contributed by atoms with van der Waals surface area (Å²) in [4.78, 5) is 14.1. The smallest absolute Gasteiger partial charge is 0.222 e. The van der Waals surface area contributed by atoms with E-state index in [-0.39, 0.29) is 0 Å². The van der Waals surface area contributed by atoms with Crippen LogP contribution in [0.1, 0.15) is 40.0 Å². The molecule has 3 heteroatoms. The SMILES string of the molecule is CCC(CC(=O)N(C)C1CCNC1)C(C)C. The number of nitrogens with zero attached hydrogens (tertiary/aromatic N) is 1. The van der Waals surface area contributed by atoms with E-state index in [1.54, 1.807) is 0 Å². The van der Waals surface area contributed by atoms with E-state index >= 15 is 0 Å². The van der Waals surface area contributed by atoms with Gasteiger partial charge in [0.2, 0.25) is 5.91 Å². The average molecular weight is 226 g/mol. The summed E-state index contributed by atoms with van der Waals surface area (Å²) < 4.78 is 0. The summed E-state index contributed by atoms with van der Waals surface area (Å²) in [6.07, 6.45) is 2.90. The lowest BCUT2D eigenvalue weighted by atomic mass is 9.89. The van der Waals surface area contributed by atoms with Gasteiger partial charge in [-0.15, -0.1) is 0 Å². The van der Waals surface area contributed by atoms with Crippen LogP contribution in [0, 0.1) is 11.8 Å². The van der Waals surface area contributed by atoms with Crippen molar-refractivity contribution in [3.8, 4) is 0 Å². The van der Waals surface area contributed by atoms with Gasteiger partial charge in [0.25, 0.3) is 0 Å². The molecule has 94 valence electrons. The van der Waals surface area contributed by atoms with Crippen molar-refractivity contribution in [3.63, 3.8) is 0 Å². The first-order valence-electron chi connectivity index (χ1n) is 6.52. The van der Waals surface area contributed by atoms with Gasteiger partial charge in [0, 0.05) is 26.1 Å². The molecule has 0 radical (unpaired) electrons. The number of amides is 1. The molecular weight excluding hydrogens is 200 g/mol. The van der Waals surface area contributed by atoms with E-state index in [4.69, 9.17) is 0 Å². The van der Waals surface area contributed by atoms with Crippen molar-refractivity contribution in [2.24, 2.45) is 11.8 Å². The Hall–Kier alpha value is -0.570. The minimum Gasteiger partial charge on any atom is -0.341 e. The Labute approximate surface area is 99.6 Å². The van der Waals surface area contributed by atoms with Gasteiger partial charge in [0.05, 0.1) is 0 Å². The zero-order valence-electron chi connectivity index (χ0n) is 11.1. The van der Waals surface area contributed by atoms with Gasteiger partial charge in [-0.25, -0.2) is 0 Å². The molecule has 0 spiro atoms. The molecule has 0 bridgehead atoms. The van der Waals surface area contributed by atoms with Crippen LogP contribution in [-0.4, -0.2) is 37.0 Å². The van der Waals surface area contributed by atoms with Crippen LogP contribution in [0.5, 0.6) is 0 Å². The molecule has 1 rings (SSSR count). The second kappa shape index (κ2) is 6.24.